The van der Waals surface area contributed by atoms with Gasteiger partial charge in [-0.2, -0.15) is 0 Å². The second-order valence-electron chi connectivity index (χ2n) is 8.33. The van der Waals surface area contributed by atoms with Gasteiger partial charge in [-0.3, -0.25) is 9.59 Å². The number of carbonyl (C=O) groups is 2. The van der Waals surface area contributed by atoms with Gasteiger partial charge in [0.25, 0.3) is 0 Å². The zero-order valence-electron chi connectivity index (χ0n) is 18.7. The van der Waals surface area contributed by atoms with Crippen molar-refractivity contribution in [3.05, 3.63) is 63.1 Å². The average Bonchev–Trinajstić information content (AvgIpc) is 3.30. The maximum absolute atomic E-state index is 13.2. The minimum absolute atomic E-state index is 0.0632. The quantitative estimate of drug-likeness (QED) is 0.267. The zero-order chi connectivity index (χ0) is 23.8. The highest BCUT2D eigenvalue weighted by Crippen LogP contribution is 2.25. The van der Waals surface area contributed by atoms with Crippen LogP contribution >= 0.6 is 46.6 Å². The molecule has 3 rings (SSSR count). The molecule has 0 bridgehead atoms. The van der Waals surface area contributed by atoms with Crippen molar-refractivity contribution in [2.24, 2.45) is 0 Å². The third kappa shape index (κ3) is 8.10. The topological polar surface area (TPSA) is 49.4 Å². The predicted molar refractivity (Wildman–Crippen MR) is 138 cm³/mol. The van der Waals surface area contributed by atoms with Gasteiger partial charge in [-0.25, -0.2) is 0 Å². The van der Waals surface area contributed by atoms with Gasteiger partial charge in [0, 0.05) is 39.0 Å². The molecular weight excluding hydrogens is 499 g/mol. The van der Waals surface area contributed by atoms with E-state index in [2.05, 4.69) is 5.32 Å². The fourth-order valence-electron chi connectivity index (χ4n) is 3.90. The summed E-state index contributed by atoms with van der Waals surface area (Å²) in [6.45, 7) is 2.05. The van der Waals surface area contributed by atoms with Crippen LogP contribution in [0.4, 0.5) is 0 Å². The summed E-state index contributed by atoms with van der Waals surface area (Å²) >= 11 is 20.0. The van der Waals surface area contributed by atoms with E-state index in [0.717, 1.165) is 41.9 Å². The fraction of sp³-hybridized carbons (Fsp3) is 0.440. The van der Waals surface area contributed by atoms with Crippen molar-refractivity contribution in [1.29, 1.82) is 0 Å². The van der Waals surface area contributed by atoms with E-state index in [4.69, 9.17) is 34.8 Å². The molecule has 0 unspecified atom stereocenters. The van der Waals surface area contributed by atoms with E-state index >= 15 is 0 Å². The molecule has 1 aliphatic rings. The first-order valence-electron chi connectivity index (χ1n) is 11.3. The summed E-state index contributed by atoms with van der Waals surface area (Å²) < 4.78 is 0. The average molecular weight is 528 g/mol. The lowest BCUT2D eigenvalue weighted by molar-refractivity contribution is -0.140. The number of benzene rings is 2. The van der Waals surface area contributed by atoms with Crippen LogP contribution in [-0.2, 0) is 16.1 Å². The maximum Gasteiger partial charge on any atom is 0.242 e. The molecule has 0 radical (unpaired) electrons. The van der Waals surface area contributed by atoms with Crippen LogP contribution in [-0.4, -0.2) is 34.6 Å². The normalized spacial score (nSPS) is 14.8. The van der Waals surface area contributed by atoms with Gasteiger partial charge in [-0.05, 0) is 73.9 Å². The molecule has 0 saturated heterocycles. The maximum atomic E-state index is 13.2. The highest BCUT2D eigenvalue weighted by atomic mass is 35.5. The summed E-state index contributed by atoms with van der Waals surface area (Å²) in [6, 6.07) is 12.5. The summed E-state index contributed by atoms with van der Waals surface area (Å²) in [5.41, 5.74) is 0.769. The molecule has 1 aliphatic carbocycles. The van der Waals surface area contributed by atoms with Gasteiger partial charge >= 0.3 is 0 Å². The van der Waals surface area contributed by atoms with Crippen LogP contribution in [0.25, 0.3) is 0 Å². The van der Waals surface area contributed by atoms with Crippen molar-refractivity contribution in [3.8, 4) is 0 Å². The Labute approximate surface area is 215 Å². The fourth-order valence-corrected chi connectivity index (χ4v) is 5.34. The van der Waals surface area contributed by atoms with Crippen LogP contribution in [0.1, 0.15) is 51.0 Å². The minimum Gasteiger partial charge on any atom is -0.352 e. The van der Waals surface area contributed by atoms with Crippen molar-refractivity contribution in [1.82, 2.24) is 10.2 Å². The summed E-state index contributed by atoms with van der Waals surface area (Å²) in [6.07, 6.45) is 5.32. The zero-order valence-corrected chi connectivity index (χ0v) is 21.7. The van der Waals surface area contributed by atoms with Crippen LogP contribution in [0, 0.1) is 0 Å². The Morgan fingerprint density at radius 1 is 1.06 bits per heavy atom. The molecule has 0 heterocycles. The Morgan fingerprint density at radius 2 is 1.73 bits per heavy atom. The summed E-state index contributed by atoms with van der Waals surface area (Å²) in [7, 11) is 0. The molecule has 1 fully saturated rings. The second kappa shape index (κ2) is 12.9. The standard InChI is InChI=1S/C25H29Cl3N2O2S/c1-17(25(32)29-21-5-2-3-6-21)30(16-18-8-9-20(27)15-23(18)28)24(31)7-4-14-33-22-12-10-19(26)11-13-22/h8-13,15,17,21H,2-7,14,16H2,1H3,(H,29,32)/t17-/m1/s1. The molecule has 2 amide bonds. The summed E-state index contributed by atoms with van der Waals surface area (Å²) in [4.78, 5) is 28.9. The first-order chi connectivity index (χ1) is 15.8. The molecule has 1 saturated carbocycles. The van der Waals surface area contributed by atoms with E-state index in [1.807, 2.05) is 30.3 Å². The van der Waals surface area contributed by atoms with Gasteiger partial charge in [0.15, 0.2) is 0 Å². The van der Waals surface area contributed by atoms with E-state index in [-0.39, 0.29) is 24.4 Å². The van der Waals surface area contributed by atoms with Crippen molar-refractivity contribution in [2.75, 3.05) is 5.75 Å². The number of nitrogens with one attached hydrogen (secondary N) is 1. The summed E-state index contributed by atoms with van der Waals surface area (Å²) in [5, 5.41) is 4.84. The molecule has 33 heavy (non-hydrogen) atoms. The first-order valence-corrected chi connectivity index (χ1v) is 13.4. The Bertz CT molecular complexity index is 949. The number of amides is 2. The second-order valence-corrected chi connectivity index (χ2v) is 10.8. The number of nitrogens with zero attached hydrogens (tertiary/aromatic N) is 1. The Balaban J connectivity index is 1.63. The third-order valence-electron chi connectivity index (χ3n) is 5.84. The molecule has 8 heteroatoms. The minimum atomic E-state index is -0.589. The molecule has 0 spiro atoms. The van der Waals surface area contributed by atoms with E-state index in [1.165, 1.54) is 0 Å². The molecule has 1 atom stereocenters. The third-order valence-corrected chi connectivity index (χ3v) is 7.78. The van der Waals surface area contributed by atoms with E-state index in [0.29, 0.717) is 27.9 Å². The van der Waals surface area contributed by atoms with E-state index in [1.54, 1.807) is 35.7 Å². The van der Waals surface area contributed by atoms with Crippen molar-refractivity contribution in [3.63, 3.8) is 0 Å². The molecule has 4 nitrogen and oxygen atoms in total. The van der Waals surface area contributed by atoms with Crippen LogP contribution in [0.15, 0.2) is 47.4 Å². The van der Waals surface area contributed by atoms with Crippen molar-refractivity contribution >= 4 is 58.4 Å². The lowest BCUT2D eigenvalue weighted by Crippen LogP contribution is -2.49. The van der Waals surface area contributed by atoms with Crippen LogP contribution < -0.4 is 5.32 Å². The number of hydrogen-bond donors (Lipinski definition) is 1. The monoisotopic (exact) mass is 526 g/mol. The van der Waals surface area contributed by atoms with Gasteiger partial charge in [-0.1, -0.05) is 53.7 Å². The number of rotatable bonds is 10. The van der Waals surface area contributed by atoms with Gasteiger partial charge < -0.3 is 10.2 Å². The van der Waals surface area contributed by atoms with Crippen LogP contribution in [0.3, 0.4) is 0 Å². The predicted octanol–water partition coefficient (Wildman–Crippen LogP) is 7.00. The molecule has 0 aromatic heterocycles. The molecular formula is C25H29Cl3N2O2S. The number of hydrogen-bond acceptors (Lipinski definition) is 3. The summed E-state index contributed by atoms with van der Waals surface area (Å²) in [5.74, 6) is 0.619. The molecule has 178 valence electrons. The van der Waals surface area contributed by atoms with Crippen molar-refractivity contribution in [2.45, 2.75) is 69.0 Å². The highest BCUT2D eigenvalue weighted by Gasteiger charge is 2.28. The Hall–Kier alpha value is -1.40. The van der Waals surface area contributed by atoms with Crippen LogP contribution in [0.5, 0.6) is 0 Å². The van der Waals surface area contributed by atoms with Gasteiger partial charge in [0.2, 0.25) is 11.8 Å². The molecule has 0 aliphatic heterocycles. The van der Waals surface area contributed by atoms with Crippen molar-refractivity contribution < 1.29 is 9.59 Å². The first kappa shape index (κ1) is 26.2. The highest BCUT2D eigenvalue weighted by molar-refractivity contribution is 7.99. The number of carbonyl (C=O) groups excluding carboxylic acids is 2. The molecule has 2 aromatic rings. The lowest BCUT2D eigenvalue weighted by Gasteiger charge is -2.30. The van der Waals surface area contributed by atoms with Gasteiger partial charge in [-0.15, -0.1) is 11.8 Å². The van der Waals surface area contributed by atoms with Gasteiger partial charge in [0.1, 0.15) is 6.04 Å². The van der Waals surface area contributed by atoms with E-state index in [9.17, 15) is 9.59 Å². The lowest BCUT2D eigenvalue weighted by atomic mass is 10.1. The Kier molecular flexibility index (Phi) is 10.2. The van der Waals surface area contributed by atoms with E-state index < -0.39 is 6.04 Å². The molecule has 1 N–H and O–H groups in total. The SMILES string of the molecule is C[C@H](C(=O)NC1CCCC1)N(Cc1ccc(Cl)cc1Cl)C(=O)CCCSc1ccc(Cl)cc1. The number of thioether (sulfide) groups is 1. The largest absolute Gasteiger partial charge is 0.352 e. The smallest absolute Gasteiger partial charge is 0.242 e. The Morgan fingerprint density at radius 3 is 2.39 bits per heavy atom. The molecule has 2 aromatic carbocycles. The van der Waals surface area contributed by atoms with Crippen LogP contribution in [0.2, 0.25) is 15.1 Å². The number of halogens is 3. The van der Waals surface area contributed by atoms with Gasteiger partial charge in [0.05, 0.1) is 0 Å².